The molecule has 0 saturated heterocycles. The summed E-state index contributed by atoms with van der Waals surface area (Å²) in [5.41, 5.74) is -0.907. The second kappa shape index (κ2) is 7.08. The molecule has 0 aliphatic carbocycles. The van der Waals surface area contributed by atoms with E-state index >= 15 is 0 Å². The van der Waals surface area contributed by atoms with Crippen molar-refractivity contribution in [2.45, 2.75) is 18.9 Å². The first-order chi connectivity index (χ1) is 10.5. The van der Waals surface area contributed by atoms with Crippen molar-refractivity contribution in [1.29, 1.82) is 0 Å². The van der Waals surface area contributed by atoms with Crippen LogP contribution >= 0.6 is 0 Å². The molecule has 2 N–H and O–H groups in total. The fraction of sp³-hybridized carbons (Fsp3) is 0.222. The van der Waals surface area contributed by atoms with Crippen LogP contribution in [0, 0.1) is 17.7 Å². The number of para-hydroxylation sites is 1. The number of benzene rings is 2. The molecule has 0 aliphatic heterocycles. The molecule has 1 unspecified atom stereocenters. The highest BCUT2D eigenvalue weighted by atomic mass is 19.1. The van der Waals surface area contributed by atoms with E-state index in [4.69, 9.17) is 9.84 Å². The highest BCUT2D eigenvalue weighted by molar-refractivity contribution is 5.44. The van der Waals surface area contributed by atoms with Gasteiger partial charge in [0, 0.05) is 12.0 Å². The average molecular weight is 300 g/mol. The number of hydrogen-bond donors (Lipinski definition) is 2. The van der Waals surface area contributed by atoms with Gasteiger partial charge in [0.05, 0.1) is 6.61 Å². The van der Waals surface area contributed by atoms with E-state index in [2.05, 4.69) is 11.8 Å². The maximum Gasteiger partial charge on any atom is 0.151 e. The third-order valence-electron chi connectivity index (χ3n) is 3.02. The van der Waals surface area contributed by atoms with E-state index in [1.165, 1.54) is 24.3 Å². The summed E-state index contributed by atoms with van der Waals surface area (Å²) in [6.45, 7) is 1.50. The molecular formula is C18H17FO3. The Morgan fingerprint density at radius 3 is 2.50 bits per heavy atom. The summed E-state index contributed by atoms with van der Waals surface area (Å²) in [4.78, 5) is 0. The van der Waals surface area contributed by atoms with Crippen molar-refractivity contribution in [2.75, 3.05) is 6.61 Å². The molecule has 114 valence electrons. The Hall–Kier alpha value is -2.35. The molecule has 0 radical (unpaired) electrons. The summed E-state index contributed by atoms with van der Waals surface area (Å²) in [7, 11) is 0. The van der Waals surface area contributed by atoms with Crippen molar-refractivity contribution in [3.05, 3.63) is 59.9 Å². The second-order valence-corrected chi connectivity index (χ2v) is 4.90. The van der Waals surface area contributed by atoms with Gasteiger partial charge in [0.15, 0.2) is 5.60 Å². The molecular weight excluding hydrogens is 283 g/mol. The highest BCUT2D eigenvalue weighted by Gasteiger charge is 2.24. The lowest BCUT2D eigenvalue weighted by Gasteiger charge is -2.20. The Bertz CT molecular complexity index is 681. The maximum absolute atomic E-state index is 12.9. The van der Waals surface area contributed by atoms with Gasteiger partial charge in [-0.3, -0.25) is 0 Å². The van der Waals surface area contributed by atoms with Crippen molar-refractivity contribution in [2.24, 2.45) is 0 Å². The largest absolute Gasteiger partial charge is 0.457 e. The van der Waals surface area contributed by atoms with Crippen LogP contribution in [0.2, 0.25) is 0 Å². The Morgan fingerprint density at radius 1 is 1.14 bits per heavy atom. The zero-order valence-electron chi connectivity index (χ0n) is 12.2. The lowest BCUT2D eigenvalue weighted by Crippen LogP contribution is -2.19. The molecule has 22 heavy (non-hydrogen) atoms. The van der Waals surface area contributed by atoms with Gasteiger partial charge in [-0.25, -0.2) is 4.39 Å². The zero-order chi connectivity index (χ0) is 16.0. The Kier molecular flexibility index (Phi) is 5.16. The second-order valence-electron chi connectivity index (χ2n) is 4.90. The first kappa shape index (κ1) is 16.0. The van der Waals surface area contributed by atoms with Gasteiger partial charge in [0.2, 0.25) is 0 Å². The summed E-state index contributed by atoms with van der Waals surface area (Å²) in [6.07, 6.45) is 0.289. The van der Waals surface area contributed by atoms with Gasteiger partial charge in [0.25, 0.3) is 0 Å². The molecule has 2 aromatic rings. The standard InChI is InChI=1S/C18H17FO3/c1-18(21,12-4-5-13-20)16-6-2-3-7-17(16)22-15-10-8-14(19)9-11-15/h2-3,6-11,20-21H,5,13H2,1H3. The van der Waals surface area contributed by atoms with E-state index in [-0.39, 0.29) is 18.8 Å². The average Bonchev–Trinajstić information content (AvgIpc) is 2.50. The predicted molar refractivity (Wildman–Crippen MR) is 82.0 cm³/mol. The predicted octanol–water partition coefficient (Wildman–Crippen LogP) is 3.21. The maximum atomic E-state index is 12.9. The number of ether oxygens (including phenoxy) is 1. The Morgan fingerprint density at radius 2 is 1.82 bits per heavy atom. The summed E-state index contributed by atoms with van der Waals surface area (Å²) in [6, 6.07) is 12.6. The quantitative estimate of drug-likeness (QED) is 0.852. The van der Waals surface area contributed by atoms with Crippen LogP contribution in [-0.2, 0) is 5.60 Å². The van der Waals surface area contributed by atoms with Crippen LogP contribution in [-0.4, -0.2) is 16.8 Å². The molecule has 0 spiro atoms. The van der Waals surface area contributed by atoms with E-state index < -0.39 is 5.60 Å². The Labute approximate surface area is 129 Å². The molecule has 0 saturated carbocycles. The van der Waals surface area contributed by atoms with Crippen molar-refractivity contribution in [3.63, 3.8) is 0 Å². The van der Waals surface area contributed by atoms with Gasteiger partial charge < -0.3 is 14.9 Å². The minimum absolute atomic E-state index is 0.0587. The topological polar surface area (TPSA) is 49.7 Å². The first-order valence-corrected chi connectivity index (χ1v) is 6.89. The van der Waals surface area contributed by atoms with E-state index in [0.717, 1.165) is 0 Å². The number of aliphatic hydroxyl groups excluding tert-OH is 1. The lowest BCUT2D eigenvalue weighted by molar-refractivity contribution is 0.119. The van der Waals surface area contributed by atoms with Crippen LogP contribution in [0.1, 0.15) is 18.9 Å². The van der Waals surface area contributed by atoms with E-state index in [9.17, 15) is 9.50 Å². The summed E-state index contributed by atoms with van der Waals surface area (Å²) >= 11 is 0. The van der Waals surface area contributed by atoms with Crippen LogP contribution in [0.4, 0.5) is 4.39 Å². The molecule has 2 rings (SSSR count). The number of hydrogen-bond acceptors (Lipinski definition) is 3. The molecule has 4 heteroatoms. The van der Waals surface area contributed by atoms with Crippen molar-refractivity contribution in [3.8, 4) is 23.3 Å². The SMILES string of the molecule is CC(O)(C#CCCO)c1ccccc1Oc1ccc(F)cc1. The minimum Gasteiger partial charge on any atom is -0.457 e. The van der Waals surface area contributed by atoms with Gasteiger partial charge in [-0.2, -0.15) is 0 Å². The van der Waals surface area contributed by atoms with Crippen LogP contribution in [0.25, 0.3) is 0 Å². The lowest BCUT2D eigenvalue weighted by atomic mass is 9.95. The van der Waals surface area contributed by atoms with Crippen LogP contribution in [0.5, 0.6) is 11.5 Å². The van der Waals surface area contributed by atoms with E-state index in [1.807, 2.05) is 0 Å². The van der Waals surface area contributed by atoms with Crippen LogP contribution < -0.4 is 4.74 Å². The van der Waals surface area contributed by atoms with Gasteiger partial charge in [0.1, 0.15) is 17.3 Å². The molecule has 1 atom stereocenters. The number of rotatable bonds is 4. The molecule has 0 amide bonds. The molecule has 0 heterocycles. The zero-order valence-corrected chi connectivity index (χ0v) is 12.2. The molecule has 0 bridgehead atoms. The van der Waals surface area contributed by atoms with Crippen LogP contribution in [0.15, 0.2) is 48.5 Å². The van der Waals surface area contributed by atoms with Crippen LogP contribution in [0.3, 0.4) is 0 Å². The summed E-state index contributed by atoms with van der Waals surface area (Å²) < 4.78 is 18.6. The fourth-order valence-electron chi connectivity index (χ4n) is 1.95. The number of aliphatic hydroxyl groups is 2. The molecule has 0 fully saturated rings. The molecule has 0 aromatic heterocycles. The first-order valence-electron chi connectivity index (χ1n) is 6.89. The minimum atomic E-state index is -1.41. The van der Waals surface area contributed by atoms with Gasteiger partial charge in [-0.05, 0) is 37.3 Å². The third kappa shape index (κ3) is 4.08. The third-order valence-corrected chi connectivity index (χ3v) is 3.02. The molecule has 2 aromatic carbocycles. The van der Waals surface area contributed by atoms with Crippen molar-refractivity contribution >= 4 is 0 Å². The van der Waals surface area contributed by atoms with Crippen molar-refractivity contribution in [1.82, 2.24) is 0 Å². The molecule has 0 aliphatic rings. The summed E-state index contributed by atoms with van der Waals surface area (Å²) in [5.74, 6) is 6.00. The Balaban J connectivity index is 2.30. The van der Waals surface area contributed by atoms with E-state index in [1.54, 1.807) is 31.2 Å². The molecule has 3 nitrogen and oxygen atoms in total. The fourth-order valence-corrected chi connectivity index (χ4v) is 1.95. The van der Waals surface area contributed by atoms with Gasteiger partial charge >= 0.3 is 0 Å². The summed E-state index contributed by atoms with van der Waals surface area (Å²) in [5, 5.41) is 19.3. The smallest absolute Gasteiger partial charge is 0.151 e. The highest BCUT2D eigenvalue weighted by Crippen LogP contribution is 2.32. The normalized spacial score (nSPS) is 12.9. The van der Waals surface area contributed by atoms with E-state index in [0.29, 0.717) is 17.1 Å². The number of halogens is 1. The van der Waals surface area contributed by atoms with Crippen molar-refractivity contribution < 1.29 is 19.3 Å². The monoisotopic (exact) mass is 300 g/mol. The van der Waals surface area contributed by atoms with Gasteiger partial charge in [-0.1, -0.05) is 30.0 Å². The van der Waals surface area contributed by atoms with Gasteiger partial charge in [-0.15, -0.1) is 0 Å².